The van der Waals surface area contributed by atoms with E-state index in [1.54, 1.807) is 16.9 Å². The minimum absolute atomic E-state index is 0.151. The van der Waals surface area contributed by atoms with Crippen LogP contribution in [-0.4, -0.2) is 27.0 Å². The number of carbonyl (C=O) groups excluding carboxylic acids is 1. The van der Waals surface area contributed by atoms with Crippen molar-refractivity contribution in [3.8, 4) is 11.3 Å². The van der Waals surface area contributed by atoms with Crippen molar-refractivity contribution in [3.63, 3.8) is 0 Å². The summed E-state index contributed by atoms with van der Waals surface area (Å²) in [7, 11) is 0. The van der Waals surface area contributed by atoms with Crippen molar-refractivity contribution in [2.45, 2.75) is 20.3 Å². The van der Waals surface area contributed by atoms with E-state index in [4.69, 9.17) is 11.6 Å². The predicted octanol–water partition coefficient (Wildman–Crippen LogP) is 3.83. The highest BCUT2D eigenvalue weighted by Crippen LogP contribution is 2.23. The summed E-state index contributed by atoms with van der Waals surface area (Å²) >= 11 is 6.07. The molecule has 1 aromatic carbocycles. The van der Waals surface area contributed by atoms with Crippen molar-refractivity contribution >= 4 is 23.2 Å². The zero-order chi connectivity index (χ0) is 17.1. The van der Waals surface area contributed by atoms with Gasteiger partial charge in [0, 0.05) is 23.3 Å². The Kier molecular flexibility index (Phi) is 4.81. The van der Waals surface area contributed by atoms with Crippen LogP contribution in [0.4, 0.5) is 0 Å². The summed E-state index contributed by atoms with van der Waals surface area (Å²) in [6, 6.07) is 9.37. The Labute approximate surface area is 145 Å². The summed E-state index contributed by atoms with van der Waals surface area (Å²) in [4.78, 5) is 16.7. The number of benzene rings is 1. The van der Waals surface area contributed by atoms with Crippen molar-refractivity contribution in [1.29, 1.82) is 0 Å². The first-order valence-electron chi connectivity index (χ1n) is 7.93. The molecule has 24 heavy (non-hydrogen) atoms. The molecule has 0 aliphatic carbocycles. The smallest absolute Gasteiger partial charge is 0.256 e. The van der Waals surface area contributed by atoms with Gasteiger partial charge in [-0.3, -0.25) is 4.79 Å². The Morgan fingerprint density at radius 2 is 2.17 bits per heavy atom. The fourth-order valence-corrected chi connectivity index (χ4v) is 2.68. The maximum absolute atomic E-state index is 12.4. The van der Waals surface area contributed by atoms with E-state index in [-0.39, 0.29) is 5.91 Å². The van der Waals surface area contributed by atoms with Crippen molar-refractivity contribution in [2.75, 3.05) is 6.54 Å². The van der Waals surface area contributed by atoms with E-state index in [9.17, 15) is 4.79 Å². The Morgan fingerprint density at radius 3 is 2.92 bits per heavy atom. The highest BCUT2D eigenvalue weighted by Gasteiger charge is 2.16. The van der Waals surface area contributed by atoms with E-state index in [2.05, 4.69) is 29.2 Å². The van der Waals surface area contributed by atoms with Crippen molar-refractivity contribution in [2.24, 2.45) is 5.92 Å². The number of aromatic nitrogens is 3. The highest BCUT2D eigenvalue weighted by molar-refractivity contribution is 6.30. The number of nitrogens with one attached hydrogen (secondary N) is 1. The van der Waals surface area contributed by atoms with Crippen molar-refractivity contribution in [3.05, 3.63) is 53.3 Å². The van der Waals surface area contributed by atoms with Crippen LogP contribution in [0.15, 0.2) is 42.7 Å². The summed E-state index contributed by atoms with van der Waals surface area (Å²) in [5, 5.41) is 7.91. The molecule has 0 atom stereocenters. The second kappa shape index (κ2) is 7.01. The molecule has 3 rings (SSSR count). The SMILES string of the molecule is CC(C)CCNC(=O)c1cnn2c(-c3cccc(Cl)c3)ccnc12. The lowest BCUT2D eigenvalue weighted by Gasteiger charge is -2.07. The lowest BCUT2D eigenvalue weighted by Crippen LogP contribution is -2.25. The molecule has 1 amide bonds. The molecule has 0 radical (unpaired) electrons. The van der Waals surface area contributed by atoms with Crippen LogP contribution in [0.25, 0.3) is 16.9 Å². The minimum Gasteiger partial charge on any atom is -0.352 e. The number of fused-ring (bicyclic) bond motifs is 1. The first-order chi connectivity index (χ1) is 11.6. The number of rotatable bonds is 5. The maximum atomic E-state index is 12.4. The van der Waals surface area contributed by atoms with Gasteiger partial charge in [0.15, 0.2) is 5.65 Å². The van der Waals surface area contributed by atoms with Gasteiger partial charge in [0.2, 0.25) is 0 Å². The van der Waals surface area contributed by atoms with Crippen LogP contribution >= 0.6 is 11.6 Å². The second-order valence-electron chi connectivity index (χ2n) is 6.07. The lowest BCUT2D eigenvalue weighted by atomic mass is 10.1. The van der Waals surface area contributed by atoms with Crippen LogP contribution < -0.4 is 5.32 Å². The molecular weight excluding hydrogens is 324 g/mol. The molecule has 0 aliphatic heterocycles. The third-order valence-electron chi connectivity index (χ3n) is 3.77. The molecule has 2 heterocycles. The van der Waals surface area contributed by atoms with E-state index in [1.807, 2.05) is 30.3 Å². The predicted molar refractivity (Wildman–Crippen MR) is 95.2 cm³/mol. The number of nitrogens with zero attached hydrogens (tertiary/aromatic N) is 3. The Balaban J connectivity index is 1.93. The summed E-state index contributed by atoms with van der Waals surface area (Å²) in [6.07, 6.45) is 4.17. The lowest BCUT2D eigenvalue weighted by molar-refractivity contribution is 0.0953. The summed E-state index contributed by atoms with van der Waals surface area (Å²) in [6.45, 7) is 4.89. The van der Waals surface area contributed by atoms with Crippen molar-refractivity contribution in [1.82, 2.24) is 19.9 Å². The Bertz CT molecular complexity index is 872. The number of hydrogen-bond acceptors (Lipinski definition) is 3. The van der Waals surface area contributed by atoms with E-state index >= 15 is 0 Å². The van der Waals surface area contributed by atoms with Gasteiger partial charge >= 0.3 is 0 Å². The van der Waals surface area contributed by atoms with Gasteiger partial charge in [0.25, 0.3) is 5.91 Å². The molecule has 0 fully saturated rings. The van der Waals surface area contributed by atoms with E-state index in [1.165, 1.54) is 0 Å². The summed E-state index contributed by atoms with van der Waals surface area (Å²) in [5.74, 6) is 0.392. The van der Waals surface area contributed by atoms with Gasteiger partial charge in [-0.1, -0.05) is 37.6 Å². The van der Waals surface area contributed by atoms with E-state index in [0.29, 0.717) is 28.7 Å². The van der Waals surface area contributed by atoms with Crippen LogP contribution in [-0.2, 0) is 0 Å². The topological polar surface area (TPSA) is 59.3 Å². The molecular formula is C18H19ClN4O. The normalized spacial score (nSPS) is 11.2. The van der Waals surface area contributed by atoms with Gasteiger partial charge in [-0.15, -0.1) is 0 Å². The molecule has 1 N–H and O–H groups in total. The molecule has 0 unspecified atom stereocenters. The number of hydrogen-bond donors (Lipinski definition) is 1. The van der Waals surface area contributed by atoms with Crippen LogP contribution in [0.3, 0.4) is 0 Å². The Morgan fingerprint density at radius 1 is 1.33 bits per heavy atom. The third kappa shape index (κ3) is 3.41. The summed E-state index contributed by atoms with van der Waals surface area (Å²) in [5.41, 5.74) is 2.77. The van der Waals surface area contributed by atoms with Gasteiger partial charge in [-0.2, -0.15) is 5.10 Å². The van der Waals surface area contributed by atoms with E-state index in [0.717, 1.165) is 17.7 Å². The summed E-state index contributed by atoms with van der Waals surface area (Å²) < 4.78 is 1.67. The van der Waals surface area contributed by atoms with Gasteiger partial charge in [0.05, 0.1) is 11.9 Å². The molecule has 0 saturated heterocycles. The Hall–Kier alpha value is -2.40. The fourth-order valence-electron chi connectivity index (χ4n) is 2.49. The fraction of sp³-hybridized carbons (Fsp3) is 0.278. The monoisotopic (exact) mass is 342 g/mol. The van der Waals surface area contributed by atoms with Crippen LogP contribution in [0.5, 0.6) is 0 Å². The zero-order valence-corrected chi connectivity index (χ0v) is 14.4. The third-order valence-corrected chi connectivity index (χ3v) is 4.01. The molecule has 5 nitrogen and oxygen atoms in total. The second-order valence-corrected chi connectivity index (χ2v) is 6.51. The zero-order valence-electron chi connectivity index (χ0n) is 13.7. The first kappa shape index (κ1) is 16.5. The average molecular weight is 343 g/mol. The number of amides is 1. The molecule has 124 valence electrons. The first-order valence-corrected chi connectivity index (χ1v) is 8.31. The van der Waals surface area contributed by atoms with Gasteiger partial charge < -0.3 is 5.32 Å². The maximum Gasteiger partial charge on any atom is 0.256 e. The molecule has 0 saturated carbocycles. The van der Waals surface area contributed by atoms with Gasteiger partial charge in [-0.25, -0.2) is 9.50 Å². The van der Waals surface area contributed by atoms with Crippen LogP contribution in [0, 0.1) is 5.92 Å². The standard InChI is InChI=1S/C18H19ClN4O/c1-12(2)6-8-21-18(24)15-11-22-23-16(7-9-20-17(15)23)13-4-3-5-14(19)10-13/h3-5,7,9-12H,6,8H2,1-2H3,(H,21,24). The molecule has 0 bridgehead atoms. The number of halogens is 1. The van der Waals surface area contributed by atoms with E-state index < -0.39 is 0 Å². The molecule has 0 spiro atoms. The number of carbonyl (C=O) groups is 1. The molecule has 2 aromatic heterocycles. The average Bonchev–Trinajstić information content (AvgIpc) is 2.98. The van der Waals surface area contributed by atoms with Gasteiger partial charge in [-0.05, 0) is 30.5 Å². The van der Waals surface area contributed by atoms with Gasteiger partial charge in [0.1, 0.15) is 5.56 Å². The van der Waals surface area contributed by atoms with Crippen LogP contribution in [0.2, 0.25) is 5.02 Å². The minimum atomic E-state index is -0.151. The van der Waals surface area contributed by atoms with Crippen molar-refractivity contribution < 1.29 is 4.79 Å². The largest absolute Gasteiger partial charge is 0.352 e. The quantitative estimate of drug-likeness (QED) is 0.766. The molecule has 3 aromatic rings. The highest BCUT2D eigenvalue weighted by atomic mass is 35.5. The van der Waals surface area contributed by atoms with Crippen LogP contribution in [0.1, 0.15) is 30.6 Å². The molecule has 6 heteroatoms. The molecule has 0 aliphatic rings.